The lowest BCUT2D eigenvalue weighted by molar-refractivity contribution is 0.00805. The fraction of sp³-hybridized carbons (Fsp3) is 0.611. The Morgan fingerprint density at radius 1 is 1.30 bits per heavy atom. The summed E-state index contributed by atoms with van der Waals surface area (Å²) in [5, 5.41) is 3.01. The molecule has 0 spiro atoms. The number of benzene rings is 1. The number of carbonyl (C=O) groups excluding carboxylic acids is 1. The maximum absolute atomic E-state index is 12.6. The van der Waals surface area contributed by atoms with Crippen LogP contribution in [0.3, 0.4) is 0 Å². The van der Waals surface area contributed by atoms with Gasteiger partial charge in [-0.05, 0) is 23.8 Å². The van der Waals surface area contributed by atoms with E-state index in [2.05, 4.69) is 12.2 Å². The van der Waals surface area contributed by atoms with E-state index in [9.17, 15) is 4.79 Å². The number of methoxy groups -OCH3 is 1. The van der Waals surface area contributed by atoms with Crippen molar-refractivity contribution >= 4 is 6.03 Å². The van der Waals surface area contributed by atoms with Gasteiger partial charge in [0.1, 0.15) is 0 Å². The summed E-state index contributed by atoms with van der Waals surface area (Å²) in [5.41, 5.74) is 1.22. The Morgan fingerprint density at radius 2 is 2.00 bits per heavy atom. The van der Waals surface area contributed by atoms with Crippen molar-refractivity contribution in [3.8, 4) is 0 Å². The summed E-state index contributed by atoms with van der Waals surface area (Å²) in [7, 11) is 1.66. The van der Waals surface area contributed by atoms with Crippen molar-refractivity contribution in [2.75, 3.05) is 40.0 Å². The third-order valence-corrected chi connectivity index (χ3v) is 4.41. The monoisotopic (exact) mass is 320 g/mol. The highest BCUT2D eigenvalue weighted by atomic mass is 16.5. The Hall–Kier alpha value is -1.59. The zero-order valence-corrected chi connectivity index (χ0v) is 14.2. The number of rotatable bonds is 7. The highest BCUT2D eigenvalue weighted by Crippen LogP contribution is 2.30. The van der Waals surface area contributed by atoms with E-state index in [-0.39, 0.29) is 11.4 Å². The molecular formula is C18H28N2O3. The minimum atomic E-state index is -0.0291. The van der Waals surface area contributed by atoms with Gasteiger partial charge < -0.3 is 19.7 Å². The Morgan fingerprint density at radius 3 is 2.65 bits per heavy atom. The van der Waals surface area contributed by atoms with Gasteiger partial charge in [-0.3, -0.25) is 0 Å². The van der Waals surface area contributed by atoms with Gasteiger partial charge in [0.05, 0.1) is 6.61 Å². The van der Waals surface area contributed by atoms with Gasteiger partial charge in [-0.15, -0.1) is 0 Å². The van der Waals surface area contributed by atoms with Crippen molar-refractivity contribution in [2.24, 2.45) is 5.41 Å². The second kappa shape index (κ2) is 8.89. The van der Waals surface area contributed by atoms with Crippen molar-refractivity contribution in [1.29, 1.82) is 0 Å². The second-order valence-corrected chi connectivity index (χ2v) is 6.48. The molecule has 1 N–H and O–H groups in total. The van der Waals surface area contributed by atoms with Crippen LogP contribution in [-0.2, 0) is 16.0 Å². The Kier molecular flexibility index (Phi) is 6.86. The zero-order chi connectivity index (χ0) is 16.5. The van der Waals surface area contributed by atoms with E-state index in [0.717, 1.165) is 38.2 Å². The van der Waals surface area contributed by atoms with Crippen molar-refractivity contribution in [3.05, 3.63) is 35.9 Å². The van der Waals surface area contributed by atoms with Gasteiger partial charge in [0, 0.05) is 40.0 Å². The van der Waals surface area contributed by atoms with E-state index >= 15 is 0 Å². The van der Waals surface area contributed by atoms with Crippen LogP contribution >= 0.6 is 0 Å². The molecule has 1 heterocycles. The van der Waals surface area contributed by atoms with Crippen molar-refractivity contribution in [1.82, 2.24) is 10.2 Å². The topological polar surface area (TPSA) is 50.8 Å². The maximum atomic E-state index is 12.6. The molecule has 1 saturated heterocycles. The lowest BCUT2D eigenvalue weighted by Crippen LogP contribution is -2.47. The van der Waals surface area contributed by atoms with Crippen LogP contribution in [-0.4, -0.2) is 51.0 Å². The average molecular weight is 320 g/mol. The summed E-state index contributed by atoms with van der Waals surface area (Å²) in [5.74, 6) is 0. The molecule has 1 aliphatic rings. The molecule has 1 fully saturated rings. The van der Waals surface area contributed by atoms with E-state index in [1.54, 1.807) is 7.11 Å². The molecule has 0 aliphatic carbocycles. The molecule has 0 radical (unpaired) electrons. The van der Waals surface area contributed by atoms with Crippen molar-refractivity contribution in [3.63, 3.8) is 0 Å². The number of urea groups is 1. The predicted octanol–water partition coefficient (Wildman–Crippen LogP) is 2.66. The van der Waals surface area contributed by atoms with E-state index < -0.39 is 0 Å². The molecule has 5 nitrogen and oxygen atoms in total. The van der Waals surface area contributed by atoms with Crippen LogP contribution in [0.4, 0.5) is 4.79 Å². The number of ether oxygens (including phenoxy) is 2. The molecule has 2 rings (SSSR count). The average Bonchev–Trinajstić information content (AvgIpc) is 2.58. The Bertz CT molecular complexity index is 472. The molecule has 128 valence electrons. The maximum Gasteiger partial charge on any atom is 0.317 e. The second-order valence-electron chi connectivity index (χ2n) is 6.48. The Labute approximate surface area is 139 Å². The highest BCUT2D eigenvalue weighted by molar-refractivity contribution is 5.74. The number of carbonyl (C=O) groups is 1. The SMILES string of the molecule is COCCN(CC1(C)CCOCC1)C(=O)NCc1ccccc1. The van der Waals surface area contributed by atoms with Crippen molar-refractivity contribution in [2.45, 2.75) is 26.3 Å². The number of hydrogen-bond donors (Lipinski definition) is 1. The first kappa shape index (κ1) is 17.8. The summed E-state index contributed by atoms with van der Waals surface area (Å²) in [6.45, 7) is 6.22. The van der Waals surface area contributed by atoms with Crippen LogP contribution < -0.4 is 5.32 Å². The first-order valence-electron chi connectivity index (χ1n) is 8.26. The van der Waals surface area contributed by atoms with E-state index in [0.29, 0.717) is 19.7 Å². The summed E-state index contributed by atoms with van der Waals surface area (Å²) >= 11 is 0. The molecule has 0 bridgehead atoms. The molecule has 2 amide bonds. The van der Waals surface area contributed by atoms with Crippen LogP contribution in [0.25, 0.3) is 0 Å². The van der Waals surface area contributed by atoms with Crippen LogP contribution in [0.5, 0.6) is 0 Å². The largest absolute Gasteiger partial charge is 0.383 e. The lowest BCUT2D eigenvalue weighted by atomic mass is 9.82. The van der Waals surface area contributed by atoms with Crippen LogP contribution in [0.1, 0.15) is 25.3 Å². The smallest absolute Gasteiger partial charge is 0.317 e. The van der Waals surface area contributed by atoms with Gasteiger partial charge in [-0.1, -0.05) is 37.3 Å². The number of hydrogen-bond acceptors (Lipinski definition) is 3. The quantitative estimate of drug-likeness (QED) is 0.840. The molecule has 0 saturated carbocycles. The molecule has 1 aromatic rings. The molecule has 23 heavy (non-hydrogen) atoms. The summed E-state index contributed by atoms with van der Waals surface area (Å²) in [6.07, 6.45) is 1.98. The van der Waals surface area contributed by atoms with Gasteiger partial charge in [-0.2, -0.15) is 0 Å². The normalized spacial score (nSPS) is 16.8. The third-order valence-electron chi connectivity index (χ3n) is 4.41. The molecule has 0 atom stereocenters. The lowest BCUT2D eigenvalue weighted by Gasteiger charge is -2.38. The summed E-state index contributed by atoms with van der Waals surface area (Å²) in [6, 6.07) is 9.93. The van der Waals surface area contributed by atoms with Gasteiger partial charge in [0.2, 0.25) is 0 Å². The first-order valence-corrected chi connectivity index (χ1v) is 8.26. The van der Waals surface area contributed by atoms with E-state index in [1.807, 2.05) is 35.2 Å². The van der Waals surface area contributed by atoms with Crippen LogP contribution in [0.2, 0.25) is 0 Å². The first-order chi connectivity index (χ1) is 11.1. The van der Waals surface area contributed by atoms with Gasteiger partial charge >= 0.3 is 6.03 Å². The molecule has 1 aliphatic heterocycles. The number of nitrogens with zero attached hydrogens (tertiary/aromatic N) is 1. The fourth-order valence-corrected chi connectivity index (χ4v) is 2.82. The van der Waals surface area contributed by atoms with Crippen molar-refractivity contribution < 1.29 is 14.3 Å². The van der Waals surface area contributed by atoms with Gasteiger partial charge in [0.25, 0.3) is 0 Å². The van der Waals surface area contributed by atoms with Gasteiger partial charge in [-0.25, -0.2) is 4.79 Å². The van der Waals surface area contributed by atoms with Crippen LogP contribution in [0, 0.1) is 5.41 Å². The number of nitrogens with one attached hydrogen (secondary N) is 1. The molecule has 0 unspecified atom stereocenters. The standard InChI is InChI=1S/C18H28N2O3/c1-18(8-11-23-12-9-18)15-20(10-13-22-2)17(21)19-14-16-6-4-3-5-7-16/h3-7H,8-15H2,1-2H3,(H,19,21). The molecular weight excluding hydrogens is 292 g/mol. The van der Waals surface area contributed by atoms with E-state index in [4.69, 9.17) is 9.47 Å². The predicted molar refractivity (Wildman–Crippen MR) is 90.3 cm³/mol. The van der Waals surface area contributed by atoms with Gasteiger partial charge in [0.15, 0.2) is 0 Å². The fourth-order valence-electron chi connectivity index (χ4n) is 2.82. The summed E-state index contributed by atoms with van der Waals surface area (Å²) < 4.78 is 10.6. The van der Waals surface area contributed by atoms with E-state index in [1.165, 1.54) is 0 Å². The zero-order valence-electron chi connectivity index (χ0n) is 14.2. The number of amides is 2. The molecule has 0 aromatic heterocycles. The minimum absolute atomic E-state index is 0.0291. The minimum Gasteiger partial charge on any atom is -0.383 e. The molecule has 5 heteroatoms. The Balaban J connectivity index is 1.91. The summed E-state index contributed by atoms with van der Waals surface area (Å²) in [4.78, 5) is 14.4. The third kappa shape index (κ3) is 5.84. The molecule has 1 aromatic carbocycles. The highest BCUT2D eigenvalue weighted by Gasteiger charge is 2.31. The van der Waals surface area contributed by atoms with Crippen LogP contribution in [0.15, 0.2) is 30.3 Å².